The molecular weight excluding hydrogens is 228 g/mol. The van der Waals surface area contributed by atoms with Crippen LogP contribution in [0.3, 0.4) is 0 Å². The third kappa shape index (κ3) is 1.24. The summed E-state index contributed by atoms with van der Waals surface area (Å²) in [6.07, 6.45) is 0. The van der Waals surface area contributed by atoms with Gasteiger partial charge in [0.25, 0.3) is 0 Å². The normalized spacial score (nSPS) is 12.2. The van der Waals surface area contributed by atoms with Crippen molar-refractivity contribution >= 4 is 5.57 Å². The molecule has 0 atom stereocenters. The highest BCUT2D eigenvalue weighted by atomic mass is 16.5. The van der Waals surface area contributed by atoms with Gasteiger partial charge in [0.2, 0.25) is 0 Å². The number of ether oxygens (including phenoxy) is 1. The van der Waals surface area contributed by atoms with Gasteiger partial charge in [-0.2, -0.15) is 0 Å². The van der Waals surface area contributed by atoms with Crippen molar-refractivity contribution in [2.45, 2.75) is 0 Å². The van der Waals surface area contributed by atoms with Gasteiger partial charge in [-0.05, 0) is 28.8 Å². The summed E-state index contributed by atoms with van der Waals surface area (Å²) < 4.78 is 5.29. The van der Waals surface area contributed by atoms with E-state index in [2.05, 4.69) is 6.58 Å². The van der Waals surface area contributed by atoms with E-state index in [-0.39, 0.29) is 11.5 Å². The highest BCUT2D eigenvalue weighted by molar-refractivity contribution is 6.04. The first-order valence-corrected chi connectivity index (χ1v) is 5.56. The van der Waals surface area contributed by atoms with Crippen LogP contribution in [0.15, 0.2) is 36.9 Å². The fraction of sp³-hybridized carbons (Fsp3) is 0.0667. The molecule has 0 fully saturated rings. The van der Waals surface area contributed by atoms with Crippen LogP contribution in [-0.2, 0) is 0 Å². The van der Waals surface area contributed by atoms with Gasteiger partial charge in [-0.25, -0.2) is 0 Å². The van der Waals surface area contributed by atoms with Gasteiger partial charge in [-0.15, -0.1) is 0 Å². The molecule has 0 saturated carbocycles. The minimum absolute atomic E-state index is 0.124. The maximum absolute atomic E-state index is 10.0. The largest absolute Gasteiger partial charge is 0.508 e. The minimum atomic E-state index is 0.124. The number of fused-ring (bicyclic) bond motifs is 3. The van der Waals surface area contributed by atoms with E-state index >= 15 is 0 Å². The van der Waals surface area contributed by atoms with Crippen molar-refractivity contribution in [3.8, 4) is 28.4 Å². The summed E-state index contributed by atoms with van der Waals surface area (Å²) in [5.41, 5.74) is 3.95. The molecule has 2 N–H and O–H groups in total. The second kappa shape index (κ2) is 3.53. The van der Waals surface area contributed by atoms with E-state index in [4.69, 9.17) is 4.74 Å². The Labute approximate surface area is 105 Å². The number of aromatic hydroxyl groups is 2. The van der Waals surface area contributed by atoms with Crippen molar-refractivity contribution in [2.24, 2.45) is 0 Å². The molecular formula is C15H12O3. The molecule has 2 aromatic carbocycles. The third-order valence-electron chi connectivity index (χ3n) is 3.25. The van der Waals surface area contributed by atoms with Crippen molar-refractivity contribution < 1.29 is 14.9 Å². The topological polar surface area (TPSA) is 49.7 Å². The van der Waals surface area contributed by atoms with Gasteiger partial charge in [-0.1, -0.05) is 18.7 Å². The fourth-order valence-electron chi connectivity index (χ4n) is 2.46. The van der Waals surface area contributed by atoms with E-state index in [9.17, 15) is 10.2 Å². The lowest BCUT2D eigenvalue weighted by Crippen LogP contribution is -1.88. The first-order valence-electron chi connectivity index (χ1n) is 5.56. The lowest BCUT2D eigenvalue weighted by atomic mass is 10.0. The molecule has 0 unspecified atom stereocenters. The van der Waals surface area contributed by atoms with Crippen LogP contribution in [0.1, 0.15) is 11.1 Å². The second-order valence-corrected chi connectivity index (χ2v) is 4.25. The van der Waals surface area contributed by atoms with Crippen LogP contribution < -0.4 is 4.74 Å². The van der Waals surface area contributed by atoms with E-state index in [0.717, 1.165) is 22.3 Å². The van der Waals surface area contributed by atoms with E-state index in [0.29, 0.717) is 11.3 Å². The SMILES string of the molecule is C=C1c2cccc(O)c2-c2c(OC)cc(O)cc21. The Balaban J connectivity index is 2.44. The van der Waals surface area contributed by atoms with Crippen LogP contribution in [0.5, 0.6) is 17.2 Å². The van der Waals surface area contributed by atoms with Crippen LogP contribution >= 0.6 is 0 Å². The molecule has 3 nitrogen and oxygen atoms in total. The lowest BCUT2D eigenvalue weighted by Gasteiger charge is -2.09. The van der Waals surface area contributed by atoms with Crippen LogP contribution in [0.2, 0.25) is 0 Å². The average Bonchev–Trinajstić information content (AvgIpc) is 2.64. The molecule has 0 aromatic heterocycles. The van der Waals surface area contributed by atoms with Crippen molar-refractivity contribution in [1.82, 2.24) is 0 Å². The molecule has 1 aliphatic carbocycles. The maximum Gasteiger partial charge on any atom is 0.131 e. The standard InChI is InChI=1S/C15H12O3/c1-8-10-4-3-5-12(17)14(10)15-11(8)6-9(16)7-13(15)18-2/h3-7,16-17H,1H2,2H3. The molecule has 90 valence electrons. The van der Waals surface area contributed by atoms with Gasteiger partial charge in [0.15, 0.2) is 0 Å². The number of benzene rings is 2. The van der Waals surface area contributed by atoms with E-state index in [1.807, 2.05) is 6.07 Å². The summed E-state index contributed by atoms with van der Waals surface area (Å²) in [5.74, 6) is 0.849. The summed E-state index contributed by atoms with van der Waals surface area (Å²) in [6.45, 7) is 4.02. The first kappa shape index (κ1) is 10.7. The predicted octanol–water partition coefficient (Wildman–Crippen LogP) is 3.15. The summed E-state index contributed by atoms with van der Waals surface area (Å²) in [6, 6.07) is 8.48. The van der Waals surface area contributed by atoms with Gasteiger partial charge in [0.05, 0.1) is 7.11 Å². The quantitative estimate of drug-likeness (QED) is 0.687. The Kier molecular flexibility index (Phi) is 2.10. The molecule has 3 rings (SSSR count). The van der Waals surface area contributed by atoms with Gasteiger partial charge >= 0.3 is 0 Å². The van der Waals surface area contributed by atoms with Crippen LogP contribution in [0, 0.1) is 0 Å². The van der Waals surface area contributed by atoms with Crippen molar-refractivity contribution in [3.63, 3.8) is 0 Å². The summed E-state index contributed by atoms with van der Waals surface area (Å²) in [7, 11) is 1.54. The zero-order valence-corrected chi connectivity index (χ0v) is 9.90. The Morgan fingerprint density at radius 2 is 1.83 bits per heavy atom. The molecule has 1 aliphatic rings. The van der Waals surface area contributed by atoms with Crippen molar-refractivity contribution in [1.29, 1.82) is 0 Å². The zero-order chi connectivity index (χ0) is 12.9. The highest BCUT2D eigenvalue weighted by Gasteiger charge is 2.28. The number of hydrogen-bond donors (Lipinski definition) is 2. The van der Waals surface area contributed by atoms with E-state index in [1.54, 1.807) is 18.2 Å². The molecule has 2 aromatic rings. The Bertz CT molecular complexity index is 672. The average molecular weight is 240 g/mol. The monoisotopic (exact) mass is 240 g/mol. The van der Waals surface area contributed by atoms with Crippen LogP contribution in [-0.4, -0.2) is 17.3 Å². The second-order valence-electron chi connectivity index (χ2n) is 4.25. The molecule has 0 saturated heterocycles. The van der Waals surface area contributed by atoms with E-state index in [1.165, 1.54) is 13.2 Å². The van der Waals surface area contributed by atoms with Gasteiger partial charge in [0, 0.05) is 17.2 Å². The predicted molar refractivity (Wildman–Crippen MR) is 69.9 cm³/mol. The number of methoxy groups -OCH3 is 1. The molecule has 0 spiro atoms. The maximum atomic E-state index is 10.0. The molecule has 0 bridgehead atoms. The summed E-state index contributed by atoms with van der Waals surface area (Å²) in [5, 5.41) is 19.7. The summed E-state index contributed by atoms with van der Waals surface area (Å²) >= 11 is 0. The Morgan fingerprint density at radius 1 is 1.06 bits per heavy atom. The van der Waals surface area contributed by atoms with Crippen LogP contribution in [0.4, 0.5) is 0 Å². The molecule has 3 heteroatoms. The van der Waals surface area contributed by atoms with Crippen LogP contribution in [0.25, 0.3) is 16.7 Å². The Morgan fingerprint density at radius 3 is 2.56 bits per heavy atom. The smallest absolute Gasteiger partial charge is 0.131 e. The molecule has 0 amide bonds. The van der Waals surface area contributed by atoms with Crippen molar-refractivity contribution in [3.05, 3.63) is 48.0 Å². The van der Waals surface area contributed by atoms with Gasteiger partial charge < -0.3 is 14.9 Å². The number of phenolic OH excluding ortho intramolecular Hbond substituents is 2. The van der Waals surface area contributed by atoms with Gasteiger partial charge in [0.1, 0.15) is 17.2 Å². The zero-order valence-electron chi connectivity index (χ0n) is 9.90. The van der Waals surface area contributed by atoms with Crippen molar-refractivity contribution in [2.75, 3.05) is 7.11 Å². The minimum Gasteiger partial charge on any atom is -0.508 e. The number of hydrogen-bond acceptors (Lipinski definition) is 3. The van der Waals surface area contributed by atoms with E-state index < -0.39 is 0 Å². The Hall–Kier alpha value is -2.42. The molecule has 0 heterocycles. The number of rotatable bonds is 1. The lowest BCUT2D eigenvalue weighted by molar-refractivity contribution is 0.408. The fourth-order valence-corrected chi connectivity index (χ4v) is 2.46. The first-order chi connectivity index (χ1) is 8.63. The van der Waals surface area contributed by atoms with Gasteiger partial charge in [-0.3, -0.25) is 0 Å². The number of phenols is 2. The third-order valence-corrected chi connectivity index (χ3v) is 3.25. The molecule has 0 radical (unpaired) electrons. The summed E-state index contributed by atoms with van der Waals surface area (Å²) in [4.78, 5) is 0. The molecule has 18 heavy (non-hydrogen) atoms. The molecule has 0 aliphatic heterocycles. The highest BCUT2D eigenvalue weighted by Crippen LogP contribution is 2.52.